The molecule has 26 heavy (non-hydrogen) atoms. The van der Waals surface area contributed by atoms with Crippen molar-refractivity contribution in [1.82, 2.24) is 10.2 Å². The minimum Gasteiger partial charge on any atom is -0.490 e. The maximum absolute atomic E-state index is 12.6. The number of carbonyl (C=O) groups excluding carboxylic acids is 2. The molecular formula is C20H22N2O4. The van der Waals surface area contributed by atoms with Crippen molar-refractivity contribution in [3.8, 4) is 5.75 Å². The number of carbonyl (C=O) groups is 2. The van der Waals surface area contributed by atoms with Gasteiger partial charge in [0, 0.05) is 5.39 Å². The number of nitrogens with zero attached hydrogens (tertiary/aromatic N) is 1. The Kier molecular flexibility index (Phi) is 4.28. The number of aliphatic hydroxyl groups excluding tert-OH is 1. The molecule has 1 aliphatic heterocycles. The van der Waals surface area contributed by atoms with E-state index in [1.54, 1.807) is 0 Å². The molecule has 4 rings (SSSR count). The van der Waals surface area contributed by atoms with Gasteiger partial charge in [0.15, 0.2) is 0 Å². The van der Waals surface area contributed by atoms with E-state index >= 15 is 0 Å². The maximum atomic E-state index is 12.6. The van der Waals surface area contributed by atoms with Gasteiger partial charge in [0.25, 0.3) is 5.91 Å². The minimum atomic E-state index is -0.944. The molecule has 1 saturated carbocycles. The summed E-state index contributed by atoms with van der Waals surface area (Å²) in [7, 11) is 0. The van der Waals surface area contributed by atoms with Crippen molar-refractivity contribution in [3.05, 3.63) is 42.5 Å². The number of aliphatic hydroxyl groups is 1. The highest BCUT2D eigenvalue weighted by atomic mass is 16.5. The molecule has 136 valence electrons. The van der Waals surface area contributed by atoms with Crippen LogP contribution in [0.15, 0.2) is 42.5 Å². The van der Waals surface area contributed by atoms with Crippen LogP contribution in [0.1, 0.15) is 25.7 Å². The Labute approximate surface area is 151 Å². The van der Waals surface area contributed by atoms with Gasteiger partial charge < -0.3 is 15.2 Å². The van der Waals surface area contributed by atoms with Crippen LogP contribution in [-0.4, -0.2) is 46.7 Å². The van der Waals surface area contributed by atoms with E-state index in [0.717, 1.165) is 28.5 Å². The zero-order valence-electron chi connectivity index (χ0n) is 14.5. The van der Waals surface area contributed by atoms with Gasteiger partial charge in [0.05, 0.1) is 6.54 Å². The first-order valence-corrected chi connectivity index (χ1v) is 9.02. The third kappa shape index (κ3) is 2.90. The van der Waals surface area contributed by atoms with Crippen molar-refractivity contribution in [3.63, 3.8) is 0 Å². The standard InChI is InChI=1S/C20H22N2O4/c23-15(12-22-18(24)20(21-19(22)25)10-3-4-11-20)13-26-17-9-5-7-14-6-1-2-8-16(14)17/h1-2,5-9,15,23H,3-4,10-13H2,(H,21,25)/t15-/m1/s1. The number of imide groups is 1. The number of hydrogen-bond acceptors (Lipinski definition) is 4. The molecule has 1 saturated heterocycles. The second kappa shape index (κ2) is 6.61. The number of fused-ring (bicyclic) bond motifs is 1. The largest absolute Gasteiger partial charge is 0.490 e. The van der Waals surface area contributed by atoms with Crippen molar-refractivity contribution in [2.45, 2.75) is 37.3 Å². The fraction of sp³-hybridized carbons (Fsp3) is 0.400. The van der Waals surface area contributed by atoms with Crippen molar-refractivity contribution in [2.24, 2.45) is 0 Å². The molecule has 1 spiro atoms. The average molecular weight is 354 g/mol. The lowest BCUT2D eigenvalue weighted by Crippen LogP contribution is -2.45. The van der Waals surface area contributed by atoms with Crippen LogP contribution in [0.5, 0.6) is 5.75 Å². The Bertz CT molecular complexity index is 839. The molecular weight excluding hydrogens is 332 g/mol. The smallest absolute Gasteiger partial charge is 0.325 e. The van der Waals surface area contributed by atoms with Gasteiger partial charge in [0.1, 0.15) is 24.0 Å². The number of benzene rings is 2. The lowest BCUT2D eigenvalue weighted by molar-refractivity contribution is -0.132. The molecule has 6 heteroatoms. The SMILES string of the molecule is O=C1NC2(CCCC2)C(=O)N1C[C@@H](O)COc1cccc2ccccc12. The fourth-order valence-electron chi connectivity index (χ4n) is 3.93. The van der Waals surface area contributed by atoms with E-state index < -0.39 is 17.7 Å². The summed E-state index contributed by atoms with van der Waals surface area (Å²) >= 11 is 0. The number of β-amino-alcohol motifs (C(OH)–C–C–N with tert-alkyl or cyclic N) is 1. The number of urea groups is 1. The molecule has 2 N–H and O–H groups in total. The van der Waals surface area contributed by atoms with Crippen molar-refractivity contribution in [2.75, 3.05) is 13.2 Å². The molecule has 1 atom stereocenters. The molecule has 2 aromatic carbocycles. The highest BCUT2D eigenvalue weighted by Crippen LogP contribution is 2.35. The fourth-order valence-corrected chi connectivity index (χ4v) is 3.93. The van der Waals surface area contributed by atoms with Crippen LogP contribution in [0.25, 0.3) is 10.8 Å². The topological polar surface area (TPSA) is 78.9 Å². The van der Waals surface area contributed by atoms with E-state index in [0.29, 0.717) is 18.6 Å². The van der Waals surface area contributed by atoms with E-state index in [1.807, 2.05) is 42.5 Å². The average Bonchev–Trinajstić information content (AvgIpc) is 3.21. The number of hydrogen-bond donors (Lipinski definition) is 2. The summed E-state index contributed by atoms with van der Waals surface area (Å²) in [6.45, 7) is -0.0464. The summed E-state index contributed by atoms with van der Waals surface area (Å²) in [5.41, 5.74) is -0.743. The molecule has 0 bridgehead atoms. The van der Waals surface area contributed by atoms with Gasteiger partial charge >= 0.3 is 6.03 Å². The van der Waals surface area contributed by atoms with Gasteiger partial charge in [-0.2, -0.15) is 0 Å². The van der Waals surface area contributed by atoms with Gasteiger partial charge in [-0.05, 0) is 24.3 Å². The summed E-state index contributed by atoms with van der Waals surface area (Å²) < 4.78 is 5.76. The monoisotopic (exact) mass is 354 g/mol. The highest BCUT2D eigenvalue weighted by molar-refractivity contribution is 6.07. The van der Waals surface area contributed by atoms with E-state index in [-0.39, 0.29) is 19.1 Å². The lowest BCUT2D eigenvalue weighted by Gasteiger charge is -2.21. The van der Waals surface area contributed by atoms with Gasteiger partial charge in [-0.25, -0.2) is 4.79 Å². The van der Waals surface area contributed by atoms with Gasteiger partial charge in [0.2, 0.25) is 0 Å². The third-order valence-corrected chi connectivity index (χ3v) is 5.28. The Morgan fingerprint density at radius 2 is 1.85 bits per heavy atom. The van der Waals surface area contributed by atoms with Crippen LogP contribution in [0, 0.1) is 0 Å². The Morgan fingerprint density at radius 1 is 1.12 bits per heavy atom. The van der Waals surface area contributed by atoms with Crippen LogP contribution in [-0.2, 0) is 4.79 Å². The molecule has 2 aliphatic rings. The van der Waals surface area contributed by atoms with Gasteiger partial charge in [-0.1, -0.05) is 49.2 Å². The first-order valence-electron chi connectivity index (χ1n) is 9.02. The molecule has 1 heterocycles. The molecule has 2 aromatic rings. The molecule has 6 nitrogen and oxygen atoms in total. The normalized spacial score (nSPS) is 20.0. The molecule has 0 radical (unpaired) electrons. The quantitative estimate of drug-likeness (QED) is 0.809. The van der Waals surface area contributed by atoms with Crippen LogP contribution in [0.3, 0.4) is 0 Å². The van der Waals surface area contributed by atoms with Crippen molar-refractivity contribution >= 4 is 22.7 Å². The first-order chi connectivity index (χ1) is 12.6. The second-order valence-electron chi connectivity index (χ2n) is 7.08. The summed E-state index contributed by atoms with van der Waals surface area (Å²) in [4.78, 5) is 25.9. The lowest BCUT2D eigenvalue weighted by atomic mass is 9.98. The Morgan fingerprint density at radius 3 is 2.65 bits per heavy atom. The molecule has 0 unspecified atom stereocenters. The molecule has 0 aromatic heterocycles. The zero-order valence-corrected chi connectivity index (χ0v) is 14.5. The van der Waals surface area contributed by atoms with E-state index in [2.05, 4.69) is 5.32 Å². The molecule has 3 amide bonds. The Balaban J connectivity index is 1.40. The number of rotatable bonds is 5. The Hall–Kier alpha value is -2.60. The minimum absolute atomic E-state index is 0.0120. The predicted molar refractivity (Wildman–Crippen MR) is 96.9 cm³/mol. The van der Waals surface area contributed by atoms with Gasteiger partial charge in [-0.3, -0.25) is 9.69 Å². The van der Waals surface area contributed by atoms with Crippen molar-refractivity contribution < 1.29 is 19.4 Å². The highest BCUT2D eigenvalue weighted by Gasteiger charge is 2.52. The zero-order chi connectivity index (χ0) is 18.1. The maximum Gasteiger partial charge on any atom is 0.325 e. The summed E-state index contributed by atoms with van der Waals surface area (Å²) in [5.74, 6) is 0.454. The predicted octanol–water partition coefficient (Wildman–Crippen LogP) is 2.44. The number of ether oxygens (including phenoxy) is 1. The van der Waals surface area contributed by atoms with E-state index in [1.165, 1.54) is 0 Å². The summed E-state index contributed by atoms with van der Waals surface area (Å²) in [6.07, 6.45) is 2.28. The van der Waals surface area contributed by atoms with Crippen molar-refractivity contribution in [1.29, 1.82) is 0 Å². The summed E-state index contributed by atoms with van der Waals surface area (Å²) in [5, 5.41) is 15.1. The second-order valence-corrected chi connectivity index (χ2v) is 7.08. The number of amides is 3. The third-order valence-electron chi connectivity index (χ3n) is 5.28. The first kappa shape index (κ1) is 16.8. The van der Waals surface area contributed by atoms with Crippen LogP contribution >= 0.6 is 0 Å². The van der Waals surface area contributed by atoms with Crippen LogP contribution in [0.4, 0.5) is 4.79 Å². The summed E-state index contributed by atoms with van der Waals surface area (Å²) in [6, 6.07) is 13.2. The molecule has 2 fully saturated rings. The van der Waals surface area contributed by atoms with E-state index in [4.69, 9.17) is 4.74 Å². The van der Waals surface area contributed by atoms with Crippen LogP contribution in [0.2, 0.25) is 0 Å². The molecule has 1 aliphatic carbocycles. The number of nitrogens with one attached hydrogen (secondary N) is 1. The van der Waals surface area contributed by atoms with E-state index in [9.17, 15) is 14.7 Å². The van der Waals surface area contributed by atoms with Crippen LogP contribution < -0.4 is 10.1 Å². The van der Waals surface area contributed by atoms with Gasteiger partial charge in [-0.15, -0.1) is 0 Å².